The molecule has 0 aliphatic carbocycles. The highest BCUT2D eigenvalue weighted by molar-refractivity contribution is 5.83. The zero-order valence-corrected chi connectivity index (χ0v) is 12.6. The summed E-state index contributed by atoms with van der Waals surface area (Å²) in [6, 6.07) is 7.51. The number of ether oxygens (including phenoxy) is 2. The number of carbonyl (C=O) groups excluding carboxylic acids is 1. The van der Waals surface area contributed by atoms with E-state index < -0.39 is 12.2 Å². The third kappa shape index (κ3) is 5.31. The zero-order chi connectivity index (χ0) is 15.1. The van der Waals surface area contributed by atoms with Crippen LogP contribution in [-0.2, 0) is 16.1 Å². The van der Waals surface area contributed by atoms with Gasteiger partial charge in [0.05, 0.1) is 19.8 Å². The minimum absolute atomic E-state index is 0.0697. The molecule has 0 saturated heterocycles. The summed E-state index contributed by atoms with van der Waals surface area (Å²) in [6.07, 6.45) is -0.971. The Morgan fingerprint density at radius 3 is 2.30 bits per heavy atom. The van der Waals surface area contributed by atoms with Crippen LogP contribution in [0.5, 0.6) is 5.75 Å². The van der Waals surface area contributed by atoms with Crippen molar-refractivity contribution in [2.75, 3.05) is 7.11 Å². The largest absolute Gasteiger partial charge is 0.497 e. The maximum absolute atomic E-state index is 11.9. The summed E-state index contributed by atoms with van der Waals surface area (Å²) in [5.41, 5.74) is 0.981. The maximum atomic E-state index is 11.9. The van der Waals surface area contributed by atoms with Gasteiger partial charge in [-0.25, -0.2) is 0 Å². The van der Waals surface area contributed by atoms with Gasteiger partial charge in [-0.2, -0.15) is 0 Å². The van der Waals surface area contributed by atoms with E-state index in [0.717, 1.165) is 11.3 Å². The van der Waals surface area contributed by atoms with E-state index in [4.69, 9.17) is 9.47 Å². The van der Waals surface area contributed by atoms with Crippen LogP contribution in [0.2, 0.25) is 0 Å². The Bertz CT molecular complexity index is 411. The van der Waals surface area contributed by atoms with E-state index in [9.17, 15) is 9.90 Å². The van der Waals surface area contributed by atoms with Gasteiger partial charge in [0.2, 0.25) is 0 Å². The van der Waals surface area contributed by atoms with Crippen LogP contribution in [0.4, 0.5) is 0 Å². The Labute approximate surface area is 120 Å². The molecule has 0 aliphatic heterocycles. The van der Waals surface area contributed by atoms with Crippen LogP contribution in [0, 0.1) is 5.92 Å². The highest BCUT2D eigenvalue weighted by Crippen LogP contribution is 2.14. The Hall–Kier alpha value is -1.39. The highest BCUT2D eigenvalue weighted by atomic mass is 16.5. The molecule has 1 rings (SSSR count). The molecule has 4 nitrogen and oxygen atoms in total. The average molecular weight is 280 g/mol. The summed E-state index contributed by atoms with van der Waals surface area (Å²) >= 11 is 0. The summed E-state index contributed by atoms with van der Waals surface area (Å²) in [6.45, 7) is 5.87. The molecule has 4 heteroatoms. The van der Waals surface area contributed by atoms with Crippen LogP contribution in [0.25, 0.3) is 0 Å². The number of rotatable bonds is 8. The second-order valence-corrected chi connectivity index (χ2v) is 5.28. The fourth-order valence-electron chi connectivity index (χ4n) is 1.64. The Kier molecular flexibility index (Phi) is 6.68. The second kappa shape index (κ2) is 8.02. The topological polar surface area (TPSA) is 55.8 Å². The number of Topliss-reactive ketones (excluding diaryl/α,β-unsaturated/α-hetero) is 1. The van der Waals surface area contributed by atoms with Gasteiger partial charge in [0.25, 0.3) is 0 Å². The van der Waals surface area contributed by atoms with Gasteiger partial charge < -0.3 is 14.6 Å². The van der Waals surface area contributed by atoms with Gasteiger partial charge in [0.1, 0.15) is 11.9 Å². The number of ketones is 1. The van der Waals surface area contributed by atoms with Crippen molar-refractivity contribution in [2.45, 2.75) is 46.0 Å². The van der Waals surface area contributed by atoms with Crippen LogP contribution in [0.1, 0.15) is 32.8 Å². The molecule has 0 amide bonds. The lowest BCUT2D eigenvalue weighted by molar-refractivity contribution is -0.132. The van der Waals surface area contributed by atoms with Crippen molar-refractivity contribution >= 4 is 5.78 Å². The molecule has 1 N–H and O–H groups in total. The molecule has 0 aromatic heterocycles. The molecule has 2 atom stereocenters. The van der Waals surface area contributed by atoms with Crippen molar-refractivity contribution in [2.24, 2.45) is 5.92 Å². The molecule has 0 heterocycles. The van der Waals surface area contributed by atoms with Crippen molar-refractivity contribution < 1.29 is 19.4 Å². The molecule has 0 bridgehead atoms. The van der Waals surface area contributed by atoms with Crippen molar-refractivity contribution in [3.8, 4) is 5.75 Å². The molecule has 112 valence electrons. The number of hydrogen-bond donors (Lipinski definition) is 1. The molecular weight excluding hydrogens is 256 g/mol. The summed E-state index contributed by atoms with van der Waals surface area (Å²) in [5.74, 6) is 0.797. The smallest absolute Gasteiger partial charge is 0.163 e. The van der Waals surface area contributed by atoms with E-state index in [1.54, 1.807) is 14.0 Å². The normalized spacial score (nSPS) is 14.1. The van der Waals surface area contributed by atoms with Crippen molar-refractivity contribution in [1.82, 2.24) is 0 Å². The predicted molar refractivity (Wildman–Crippen MR) is 77.7 cm³/mol. The Balaban J connectivity index is 2.41. The standard InChI is InChI=1S/C16H24O4/c1-11(2)15(17)9-16(18)12(3)20-10-13-5-7-14(19-4)8-6-13/h5-8,11-12,15,17H,9-10H2,1-4H3/t12-,15-/m0/s1. The van der Waals surface area contributed by atoms with E-state index in [0.29, 0.717) is 6.61 Å². The summed E-state index contributed by atoms with van der Waals surface area (Å²) in [4.78, 5) is 11.9. The van der Waals surface area contributed by atoms with Crippen LogP contribution < -0.4 is 4.74 Å². The van der Waals surface area contributed by atoms with Gasteiger partial charge in [-0.05, 0) is 30.5 Å². The third-order valence-electron chi connectivity index (χ3n) is 3.29. The predicted octanol–water partition coefficient (Wildman–Crippen LogP) is 2.58. The summed E-state index contributed by atoms with van der Waals surface area (Å²) in [7, 11) is 1.62. The van der Waals surface area contributed by atoms with Gasteiger partial charge in [0.15, 0.2) is 5.78 Å². The van der Waals surface area contributed by atoms with E-state index in [2.05, 4.69) is 0 Å². The van der Waals surface area contributed by atoms with E-state index in [-0.39, 0.29) is 18.1 Å². The van der Waals surface area contributed by atoms with E-state index in [1.807, 2.05) is 38.1 Å². The van der Waals surface area contributed by atoms with E-state index >= 15 is 0 Å². The molecule has 0 saturated carbocycles. The molecule has 0 aliphatic rings. The zero-order valence-electron chi connectivity index (χ0n) is 12.6. The van der Waals surface area contributed by atoms with Crippen LogP contribution in [0.3, 0.4) is 0 Å². The second-order valence-electron chi connectivity index (χ2n) is 5.28. The Morgan fingerprint density at radius 1 is 1.20 bits per heavy atom. The number of aliphatic hydroxyl groups is 1. The van der Waals surface area contributed by atoms with Crippen molar-refractivity contribution in [1.29, 1.82) is 0 Å². The molecule has 0 spiro atoms. The van der Waals surface area contributed by atoms with Gasteiger partial charge in [-0.1, -0.05) is 26.0 Å². The van der Waals surface area contributed by atoms with Crippen molar-refractivity contribution in [3.05, 3.63) is 29.8 Å². The number of aliphatic hydroxyl groups excluding tert-OH is 1. The summed E-state index contributed by atoms with van der Waals surface area (Å²) < 4.78 is 10.6. The van der Waals surface area contributed by atoms with E-state index in [1.165, 1.54) is 0 Å². The first-order chi connectivity index (χ1) is 9.43. The fraction of sp³-hybridized carbons (Fsp3) is 0.562. The fourth-order valence-corrected chi connectivity index (χ4v) is 1.64. The minimum Gasteiger partial charge on any atom is -0.497 e. The number of benzene rings is 1. The van der Waals surface area contributed by atoms with Gasteiger partial charge in [-0.15, -0.1) is 0 Å². The SMILES string of the molecule is COc1ccc(CO[C@@H](C)C(=O)C[C@H](O)C(C)C)cc1. The first-order valence-electron chi connectivity index (χ1n) is 6.89. The van der Waals surface area contributed by atoms with Crippen LogP contribution >= 0.6 is 0 Å². The Morgan fingerprint density at radius 2 is 1.80 bits per heavy atom. The lowest BCUT2D eigenvalue weighted by Gasteiger charge is -2.17. The highest BCUT2D eigenvalue weighted by Gasteiger charge is 2.19. The van der Waals surface area contributed by atoms with Gasteiger partial charge >= 0.3 is 0 Å². The monoisotopic (exact) mass is 280 g/mol. The number of methoxy groups -OCH3 is 1. The molecule has 0 unspecified atom stereocenters. The van der Waals surface area contributed by atoms with Crippen LogP contribution in [-0.4, -0.2) is 30.2 Å². The first-order valence-corrected chi connectivity index (χ1v) is 6.89. The molecular formula is C16H24O4. The van der Waals surface area contributed by atoms with Crippen LogP contribution in [0.15, 0.2) is 24.3 Å². The molecule has 0 fully saturated rings. The average Bonchev–Trinajstić information content (AvgIpc) is 2.44. The number of hydrogen-bond acceptors (Lipinski definition) is 4. The first kappa shape index (κ1) is 16.7. The quantitative estimate of drug-likeness (QED) is 0.795. The van der Waals surface area contributed by atoms with Crippen molar-refractivity contribution in [3.63, 3.8) is 0 Å². The molecule has 1 aromatic rings. The lowest BCUT2D eigenvalue weighted by Crippen LogP contribution is -2.27. The molecule has 20 heavy (non-hydrogen) atoms. The minimum atomic E-state index is -0.602. The van der Waals surface area contributed by atoms with Gasteiger partial charge in [-0.3, -0.25) is 4.79 Å². The lowest BCUT2D eigenvalue weighted by atomic mass is 10.00. The molecule has 1 aromatic carbocycles. The third-order valence-corrected chi connectivity index (χ3v) is 3.29. The van der Waals surface area contributed by atoms with Gasteiger partial charge in [0, 0.05) is 6.42 Å². The number of carbonyl (C=O) groups is 1. The summed E-state index contributed by atoms with van der Waals surface area (Å²) in [5, 5.41) is 9.70. The maximum Gasteiger partial charge on any atom is 0.163 e. The molecule has 0 radical (unpaired) electrons.